The third kappa shape index (κ3) is 5.48. The van der Waals surface area contributed by atoms with Gasteiger partial charge in [0.15, 0.2) is 6.61 Å². The normalized spacial score (nSPS) is 12.3. The van der Waals surface area contributed by atoms with Gasteiger partial charge in [0.1, 0.15) is 6.04 Å². The minimum Gasteiger partial charge on any atom is -0.454 e. The molecule has 0 aliphatic carbocycles. The number of nitrogens with one attached hydrogen (secondary N) is 1. The van der Waals surface area contributed by atoms with E-state index >= 15 is 0 Å². The van der Waals surface area contributed by atoms with E-state index in [1.54, 1.807) is 0 Å². The standard InChI is InChI=1S/C17H26N2O3/c1-5-19(6-2)16(14-10-8-7-9-11-14)17(21)22-12-15(20)18-13(3)4/h7-11,13,16H,5-6,12H2,1-4H3,(H,18,20)/t16-/m1/s1. The van der Waals surface area contributed by atoms with Crippen LogP contribution in [-0.2, 0) is 14.3 Å². The largest absolute Gasteiger partial charge is 0.454 e. The van der Waals surface area contributed by atoms with Crippen molar-refractivity contribution in [2.75, 3.05) is 19.7 Å². The third-order valence-electron chi connectivity index (χ3n) is 3.31. The highest BCUT2D eigenvalue weighted by Gasteiger charge is 2.27. The number of ether oxygens (including phenoxy) is 1. The highest BCUT2D eigenvalue weighted by Crippen LogP contribution is 2.21. The number of benzene rings is 1. The van der Waals surface area contributed by atoms with Crippen LogP contribution in [0.5, 0.6) is 0 Å². The summed E-state index contributed by atoms with van der Waals surface area (Å²) in [6, 6.07) is 9.04. The number of hydrogen-bond donors (Lipinski definition) is 1. The second kappa shape index (κ2) is 9.20. The molecule has 0 saturated carbocycles. The zero-order valence-electron chi connectivity index (χ0n) is 13.8. The van der Waals surface area contributed by atoms with Crippen LogP contribution in [0, 0.1) is 0 Å². The highest BCUT2D eigenvalue weighted by atomic mass is 16.5. The van der Waals surface area contributed by atoms with Crippen LogP contribution in [0.1, 0.15) is 39.3 Å². The number of carbonyl (C=O) groups is 2. The van der Waals surface area contributed by atoms with E-state index in [1.165, 1.54) is 0 Å². The van der Waals surface area contributed by atoms with Crippen molar-refractivity contribution in [3.05, 3.63) is 35.9 Å². The molecule has 0 spiro atoms. The summed E-state index contributed by atoms with van der Waals surface area (Å²) in [6.45, 7) is 8.93. The molecule has 0 aliphatic rings. The van der Waals surface area contributed by atoms with E-state index in [9.17, 15) is 9.59 Å². The number of hydrogen-bond acceptors (Lipinski definition) is 4. The minimum atomic E-state index is -0.483. The Balaban J connectivity index is 2.79. The molecule has 5 heteroatoms. The van der Waals surface area contributed by atoms with Gasteiger partial charge in [-0.3, -0.25) is 9.69 Å². The summed E-state index contributed by atoms with van der Waals surface area (Å²) in [5.74, 6) is -0.677. The van der Waals surface area contributed by atoms with Gasteiger partial charge in [0.05, 0.1) is 0 Å². The molecule has 0 unspecified atom stereocenters. The van der Waals surface area contributed by atoms with Crippen LogP contribution >= 0.6 is 0 Å². The molecule has 22 heavy (non-hydrogen) atoms. The van der Waals surface area contributed by atoms with Crippen molar-refractivity contribution in [2.24, 2.45) is 0 Å². The molecule has 0 bridgehead atoms. The third-order valence-corrected chi connectivity index (χ3v) is 3.31. The van der Waals surface area contributed by atoms with Crippen molar-refractivity contribution < 1.29 is 14.3 Å². The summed E-state index contributed by atoms with van der Waals surface area (Å²) in [5, 5.41) is 2.70. The fraction of sp³-hybridized carbons (Fsp3) is 0.529. The molecule has 1 rings (SSSR count). The molecule has 122 valence electrons. The summed E-state index contributed by atoms with van der Waals surface area (Å²) < 4.78 is 5.21. The smallest absolute Gasteiger partial charge is 0.328 e. The Morgan fingerprint density at radius 2 is 1.73 bits per heavy atom. The number of rotatable bonds is 8. The van der Waals surface area contributed by atoms with Crippen LogP contribution in [0.3, 0.4) is 0 Å². The Hall–Kier alpha value is -1.88. The van der Waals surface area contributed by atoms with Crippen molar-refractivity contribution in [1.29, 1.82) is 0 Å². The molecule has 1 atom stereocenters. The van der Waals surface area contributed by atoms with Gasteiger partial charge in [-0.15, -0.1) is 0 Å². The lowest BCUT2D eigenvalue weighted by Gasteiger charge is -2.28. The molecule has 1 aromatic rings. The molecule has 5 nitrogen and oxygen atoms in total. The van der Waals surface area contributed by atoms with Crippen LogP contribution in [0.2, 0.25) is 0 Å². The van der Waals surface area contributed by atoms with E-state index in [4.69, 9.17) is 4.74 Å². The van der Waals surface area contributed by atoms with Gasteiger partial charge in [0.25, 0.3) is 5.91 Å². The van der Waals surface area contributed by atoms with Gasteiger partial charge >= 0.3 is 5.97 Å². The maximum atomic E-state index is 12.4. The molecule has 0 heterocycles. The van der Waals surface area contributed by atoms with Gasteiger partial charge in [-0.25, -0.2) is 4.79 Å². The lowest BCUT2D eigenvalue weighted by molar-refractivity contribution is -0.154. The molecule has 0 aromatic heterocycles. The van der Waals surface area contributed by atoms with Crippen molar-refractivity contribution in [2.45, 2.75) is 39.8 Å². The van der Waals surface area contributed by atoms with Crippen LogP contribution in [0.15, 0.2) is 30.3 Å². The summed E-state index contributed by atoms with van der Waals surface area (Å²) in [7, 11) is 0. The highest BCUT2D eigenvalue weighted by molar-refractivity contribution is 5.83. The second-order valence-corrected chi connectivity index (χ2v) is 5.36. The summed E-state index contributed by atoms with van der Waals surface area (Å²) >= 11 is 0. The number of esters is 1. The van der Waals surface area contributed by atoms with E-state index in [2.05, 4.69) is 5.32 Å². The van der Waals surface area contributed by atoms with Gasteiger partial charge in [0, 0.05) is 6.04 Å². The Bertz CT molecular complexity index is 470. The van der Waals surface area contributed by atoms with Gasteiger partial charge in [-0.2, -0.15) is 0 Å². The van der Waals surface area contributed by atoms with Crippen molar-refractivity contribution >= 4 is 11.9 Å². The molecular formula is C17H26N2O3. The van der Waals surface area contributed by atoms with Gasteiger partial charge in [0.2, 0.25) is 0 Å². The molecule has 1 amide bonds. The van der Waals surface area contributed by atoms with Crippen molar-refractivity contribution in [3.8, 4) is 0 Å². The Morgan fingerprint density at radius 3 is 2.23 bits per heavy atom. The maximum Gasteiger partial charge on any atom is 0.328 e. The molecule has 0 radical (unpaired) electrons. The van der Waals surface area contributed by atoms with E-state index in [1.807, 2.05) is 62.9 Å². The number of likely N-dealkylation sites (N-methyl/N-ethyl adjacent to an activating group) is 1. The summed E-state index contributed by atoms with van der Waals surface area (Å²) in [5.41, 5.74) is 0.875. The molecule has 0 aliphatic heterocycles. The Morgan fingerprint density at radius 1 is 1.14 bits per heavy atom. The fourth-order valence-corrected chi connectivity index (χ4v) is 2.30. The molecular weight excluding hydrogens is 280 g/mol. The zero-order valence-corrected chi connectivity index (χ0v) is 13.8. The van der Waals surface area contributed by atoms with Gasteiger partial charge in [-0.1, -0.05) is 44.2 Å². The second-order valence-electron chi connectivity index (χ2n) is 5.36. The summed E-state index contributed by atoms with van der Waals surface area (Å²) in [6.07, 6.45) is 0. The van der Waals surface area contributed by atoms with E-state index in [-0.39, 0.29) is 18.6 Å². The molecule has 1 aromatic carbocycles. The molecule has 0 fully saturated rings. The fourth-order valence-electron chi connectivity index (χ4n) is 2.30. The quantitative estimate of drug-likeness (QED) is 0.748. The lowest BCUT2D eigenvalue weighted by Crippen LogP contribution is -2.38. The predicted molar refractivity (Wildman–Crippen MR) is 86.3 cm³/mol. The van der Waals surface area contributed by atoms with Gasteiger partial charge in [-0.05, 0) is 32.5 Å². The molecule has 0 saturated heterocycles. The number of nitrogens with zero attached hydrogens (tertiary/aromatic N) is 1. The van der Waals surface area contributed by atoms with E-state index < -0.39 is 12.0 Å². The monoisotopic (exact) mass is 306 g/mol. The van der Waals surface area contributed by atoms with E-state index in [0.29, 0.717) is 0 Å². The first-order valence-corrected chi connectivity index (χ1v) is 7.74. The summed E-state index contributed by atoms with van der Waals surface area (Å²) in [4.78, 5) is 26.1. The predicted octanol–water partition coefficient (Wildman–Crippen LogP) is 2.14. The number of amides is 1. The lowest BCUT2D eigenvalue weighted by atomic mass is 10.1. The Labute approximate surface area is 132 Å². The zero-order chi connectivity index (χ0) is 16.5. The van der Waals surface area contributed by atoms with Crippen molar-refractivity contribution in [3.63, 3.8) is 0 Å². The van der Waals surface area contributed by atoms with Crippen LogP contribution in [-0.4, -0.2) is 42.5 Å². The number of carbonyl (C=O) groups excluding carboxylic acids is 2. The van der Waals surface area contributed by atoms with E-state index in [0.717, 1.165) is 18.7 Å². The first-order valence-electron chi connectivity index (χ1n) is 7.74. The Kier molecular flexibility index (Phi) is 7.60. The van der Waals surface area contributed by atoms with Crippen LogP contribution in [0.4, 0.5) is 0 Å². The topological polar surface area (TPSA) is 58.6 Å². The SMILES string of the molecule is CCN(CC)[C@@H](C(=O)OCC(=O)NC(C)C)c1ccccc1. The minimum absolute atomic E-state index is 0.0268. The van der Waals surface area contributed by atoms with Crippen molar-refractivity contribution in [1.82, 2.24) is 10.2 Å². The average Bonchev–Trinajstić information content (AvgIpc) is 2.50. The van der Waals surface area contributed by atoms with Crippen LogP contribution in [0.25, 0.3) is 0 Å². The maximum absolute atomic E-state index is 12.4. The molecule has 1 N–H and O–H groups in total. The average molecular weight is 306 g/mol. The van der Waals surface area contributed by atoms with Crippen LogP contribution < -0.4 is 5.32 Å². The first-order chi connectivity index (χ1) is 10.5. The first kappa shape index (κ1) is 18.2. The van der Waals surface area contributed by atoms with Gasteiger partial charge < -0.3 is 10.1 Å².